The highest BCUT2D eigenvalue weighted by molar-refractivity contribution is 7.84. The Morgan fingerprint density at radius 2 is 2.24 bits per heavy atom. The minimum absolute atomic E-state index is 0.00718. The molecule has 2 atom stereocenters. The number of anilines is 1. The highest BCUT2D eigenvalue weighted by Gasteiger charge is 2.36. The second kappa shape index (κ2) is 4.48. The fourth-order valence-electron chi connectivity index (χ4n) is 2.59. The maximum Gasteiger partial charge on any atom is 0.228 e. The number of ether oxygens (including phenoxy) is 1. The predicted octanol–water partition coefficient (Wildman–Crippen LogP) is 1.53. The molecule has 0 spiro atoms. The first kappa shape index (κ1) is 13.1. The van der Waals surface area contributed by atoms with E-state index >= 15 is 0 Å². The van der Waals surface area contributed by atoms with Crippen LogP contribution in [0.5, 0.6) is 5.88 Å². The van der Waals surface area contributed by atoms with Crippen molar-refractivity contribution in [2.45, 2.75) is 17.6 Å². The molecule has 4 rings (SSSR count). The van der Waals surface area contributed by atoms with Crippen molar-refractivity contribution in [2.75, 3.05) is 24.3 Å². The van der Waals surface area contributed by atoms with E-state index in [1.165, 1.54) is 6.26 Å². The Balaban J connectivity index is 2.12. The molecule has 0 bridgehead atoms. The zero-order valence-electron chi connectivity index (χ0n) is 11.0. The van der Waals surface area contributed by atoms with E-state index in [-0.39, 0.29) is 27.7 Å². The van der Waals surface area contributed by atoms with E-state index in [1.807, 2.05) is 4.90 Å². The molecule has 21 heavy (non-hydrogen) atoms. The molecule has 2 aliphatic heterocycles. The van der Waals surface area contributed by atoms with Gasteiger partial charge in [0.05, 0.1) is 16.8 Å². The Bertz CT molecular complexity index is 803. The van der Waals surface area contributed by atoms with Gasteiger partial charge in [0.15, 0.2) is 11.0 Å². The molecule has 0 N–H and O–H groups in total. The molecule has 110 valence electrons. The van der Waals surface area contributed by atoms with Crippen molar-refractivity contribution in [1.82, 2.24) is 15.0 Å². The number of rotatable bonds is 1. The van der Waals surface area contributed by atoms with Crippen molar-refractivity contribution in [3.05, 3.63) is 11.0 Å². The van der Waals surface area contributed by atoms with Crippen molar-refractivity contribution in [3.8, 4) is 5.88 Å². The third-order valence-corrected chi connectivity index (χ3v) is 4.70. The fourth-order valence-corrected chi connectivity index (χ4v) is 3.19. The van der Waals surface area contributed by atoms with E-state index in [9.17, 15) is 8.60 Å². The number of pyridine rings is 1. The van der Waals surface area contributed by atoms with Gasteiger partial charge in [0.1, 0.15) is 23.3 Å². The second-order valence-corrected chi connectivity index (χ2v) is 6.61. The Kier molecular flexibility index (Phi) is 2.80. The quantitative estimate of drug-likeness (QED) is 0.584. The molecule has 0 aliphatic carbocycles. The third kappa shape index (κ3) is 1.82. The Morgan fingerprint density at radius 1 is 1.43 bits per heavy atom. The summed E-state index contributed by atoms with van der Waals surface area (Å²) in [6.07, 6.45) is 2.41. The minimum atomic E-state index is -1.42. The SMILES string of the molecule is CS(=O)c1nc2c3c(nc(Cl)c(F)c3n1)OC[C@@H]1CCN21. The number of hydrogen-bond donors (Lipinski definition) is 0. The van der Waals surface area contributed by atoms with Crippen LogP contribution in [0.1, 0.15) is 6.42 Å². The summed E-state index contributed by atoms with van der Waals surface area (Å²) in [7, 11) is -1.42. The average Bonchev–Trinajstić information content (AvgIpc) is 2.51. The van der Waals surface area contributed by atoms with Gasteiger partial charge in [-0.3, -0.25) is 4.21 Å². The van der Waals surface area contributed by atoms with Gasteiger partial charge in [-0.2, -0.15) is 4.98 Å². The normalized spacial score (nSPS) is 21.3. The van der Waals surface area contributed by atoms with Crippen molar-refractivity contribution >= 4 is 39.1 Å². The summed E-state index contributed by atoms with van der Waals surface area (Å²) in [6, 6.07) is 0.164. The van der Waals surface area contributed by atoms with Gasteiger partial charge >= 0.3 is 0 Å². The van der Waals surface area contributed by atoms with Gasteiger partial charge in [-0.05, 0) is 6.42 Å². The third-order valence-electron chi connectivity index (χ3n) is 3.76. The van der Waals surface area contributed by atoms with Gasteiger partial charge in [-0.15, -0.1) is 0 Å². The summed E-state index contributed by atoms with van der Waals surface area (Å²) in [6.45, 7) is 1.23. The van der Waals surface area contributed by atoms with E-state index in [2.05, 4.69) is 15.0 Å². The first-order valence-electron chi connectivity index (χ1n) is 6.36. The lowest BCUT2D eigenvalue weighted by molar-refractivity contribution is 0.246. The average molecular weight is 329 g/mol. The largest absolute Gasteiger partial charge is 0.475 e. The molecular formula is C12H10ClFN4O2S. The number of halogens is 2. The van der Waals surface area contributed by atoms with Gasteiger partial charge in [-0.1, -0.05) is 11.6 Å². The topological polar surface area (TPSA) is 68.2 Å². The first-order chi connectivity index (χ1) is 10.1. The highest BCUT2D eigenvalue weighted by Crippen LogP contribution is 2.40. The molecule has 2 aromatic rings. The van der Waals surface area contributed by atoms with Crippen LogP contribution in [-0.2, 0) is 10.8 Å². The van der Waals surface area contributed by atoms with E-state index in [4.69, 9.17) is 16.3 Å². The van der Waals surface area contributed by atoms with Gasteiger partial charge < -0.3 is 9.64 Å². The zero-order chi connectivity index (χ0) is 14.7. The number of hydrogen-bond acceptors (Lipinski definition) is 6. The van der Waals surface area contributed by atoms with Crippen molar-refractivity contribution in [2.24, 2.45) is 0 Å². The van der Waals surface area contributed by atoms with Crippen molar-refractivity contribution in [1.29, 1.82) is 0 Å². The maximum absolute atomic E-state index is 14.3. The predicted molar refractivity (Wildman–Crippen MR) is 75.9 cm³/mol. The molecule has 0 aromatic carbocycles. The zero-order valence-corrected chi connectivity index (χ0v) is 12.5. The molecule has 1 unspecified atom stereocenters. The maximum atomic E-state index is 14.3. The molecule has 1 saturated heterocycles. The summed E-state index contributed by atoms with van der Waals surface area (Å²) in [5, 5.41) is 0.171. The molecule has 0 radical (unpaired) electrons. The number of nitrogens with zero attached hydrogens (tertiary/aromatic N) is 4. The fraction of sp³-hybridized carbons (Fsp3) is 0.417. The number of fused-ring (bicyclic) bond motifs is 2. The van der Waals surface area contributed by atoms with Gasteiger partial charge in [-0.25, -0.2) is 14.4 Å². The van der Waals surface area contributed by atoms with E-state index < -0.39 is 16.6 Å². The highest BCUT2D eigenvalue weighted by atomic mass is 35.5. The molecule has 9 heteroatoms. The standard InChI is InChI=1S/C12H10ClFN4O2S/c1-21(19)12-15-8-6-10(17-12)18-3-2-5(18)4-20-11(6)16-9(13)7(8)14/h5H,2-4H2,1H3/t5-,21?/m0/s1. The van der Waals surface area contributed by atoms with Crippen LogP contribution < -0.4 is 9.64 Å². The van der Waals surface area contributed by atoms with Crippen LogP contribution in [0.25, 0.3) is 10.9 Å². The molecule has 0 saturated carbocycles. The van der Waals surface area contributed by atoms with Crippen LogP contribution in [0.3, 0.4) is 0 Å². The van der Waals surface area contributed by atoms with Crippen LogP contribution in [-0.4, -0.2) is 44.6 Å². The lowest BCUT2D eigenvalue weighted by Crippen LogP contribution is -2.50. The summed E-state index contributed by atoms with van der Waals surface area (Å²) >= 11 is 5.81. The van der Waals surface area contributed by atoms with Crippen LogP contribution in [0.4, 0.5) is 10.2 Å². The lowest BCUT2D eigenvalue weighted by Gasteiger charge is -2.40. The van der Waals surface area contributed by atoms with Crippen molar-refractivity contribution in [3.63, 3.8) is 0 Å². The molecule has 2 aliphatic rings. The Labute approximate surface area is 126 Å². The molecule has 1 fully saturated rings. The monoisotopic (exact) mass is 328 g/mol. The summed E-state index contributed by atoms with van der Waals surface area (Å²) < 4.78 is 31.6. The van der Waals surface area contributed by atoms with Crippen LogP contribution in [0.2, 0.25) is 5.15 Å². The van der Waals surface area contributed by atoms with Gasteiger partial charge in [0, 0.05) is 12.8 Å². The van der Waals surface area contributed by atoms with E-state index in [1.54, 1.807) is 0 Å². The first-order valence-corrected chi connectivity index (χ1v) is 8.29. The number of aromatic nitrogens is 3. The van der Waals surface area contributed by atoms with Crippen LogP contribution in [0, 0.1) is 5.82 Å². The summed E-state index contributed by atoms with van der Waals surface area (Å²) in [5.74, 6) is 0.0135. The van der Waals surface area contributed by atoms with E-state index in [0.717, 1.165) is 13.0 Å². The Hall–Kier alpha value is -1.54. The van der Waals surface area contributed by atoms with E-state index in [0.29, 0.717) is 17.8 Å². The second-order valence-electron chi connectivity index (χ2n) is 4.98. The molecule has 4 heterocycles. The van der Waals surface area contributed by atoms with Gasteiger partial charge in [0.25, 0.3) is 0 Å². The van der Waals surface area contributed by atoms with Crippen LogP contribution in [0.15, 0.2) is 5.16 Å². The molecule has 6 nitrogen and oxygen atoms in total. The summed E-state index contributed by atoms with van der Waals surface area (Å²) in [4.78, 5) is 14.3. The van der Waals surface area contributed by atoms with Crippen LogP contribution >= 0.6 is 11.6 Å². The van der Waals surface area contributed by atoms with Crippen molar-refractivity contribution < 1.29 is 13.3 Å². The minimum Gasteiger partial charge on any atom is -0.475 e. The Morgan fingerprint density at radius 3 is 2.90 bits per heavy atom. The molecule has 2 aromatic heterocycles. The molecule has 0 amide bonds. The summed E-state index contributed by atoms with van der Waals surface area (Å²) in [5.41, 5.74) is 0.00718. The smallest absolute Gasteiger partial charge is 0.228 e. The lowest BCUT2D eigenvalue weighted by atomic mass is 10.0. The molecular weight excluding hydrogens is 319 g/mol. The van der Waals surface area contributed by atoms with Gasteiger partial charge in [0.2, 0.25) is 11.0 Å².